The molecule has 4 heterocycles. The lowest BCUT2D eigenvalue weighted by Gasteiger charge is -2.57. The van der Waals surface area contributed by atoms with Gasteiger partial charge in [-0.1, -0.05) is 13.8 Å². The number of carbonyl (C=O) groups is 3. The van der Waals surface area contributed by atoms with Crippen molar-refractivity contribution in [3.63, 3.8) is 0 Å². The smallest absolute Gasteiger partial charge is 0.290 e. The highest BCUT2D eigenvalue weighted by atomic mass is 16.3. The van der Waals surface area contributed by atoms with Crippen LogP contribution in [-0.2, 0) is 20.9 Å². The summed E-state index contributed by atoms with van der Waals surface area (Å²) in [5.74, 6) is 2.20. The molecule has 3 fully saturated rings. The van der Waals surface area contributed by atoms with E-state index in [1.54, 1.807) is 6.20 Å². The molecular formula is C24H38N4O4. The molecule has 2 amide bonds. The fourth-order valence-corrected chi connectivity index (χ4v) is 5.84. The average molecular weight is 447 g/mol. The molecule has 8 nitrogen and oxygen atoms in total. The molecule has 8 heteroatoms. The SMILES string of the molecule is CC(C)CC[C@H]1[C@H]2C[C@H](CN(C(=O)CCCn3cccn3)C2)[C@@H]2CCCC(=O)N21.O=CO. The summed E-state index contributed by atoms with van der Waals surface area (Å²) >= 11 is 0. The second-order valence-electron chi connectivity index (χ2n) is 9.83. The summed E-state index contributed by atoms with van der Waals surface area (Å²) in [6.45, 7) is 6.73. The van der Waals surface area contributed by atoms with Gasteiger partial charge in [-0.2, -0.15) is 5.10 Å². The summed E-state index contributed by atoms with van der Waals surface area (Å²) in [7, 11) is 0. The third-order valence-electron chi connectivity index (χ3n) is 7.23. The first-order valence-corrected chi connectivity index (χ1v) is 12.1. The summed E-state index contributed by atoms with van der Waals surface area (Å²) in [4.78, 5) is 38.6. The molecular weight excluding hydrogens is 408 g/mol. The van der Waals surface area contributed by atoms with Crippen molar-refractivity contribution >= 4 is 18.3 Å². The van der Waals surface area contributed by atoms with Crippen molar-refractivity contribution in [1.82, 2.24) is 19.6 Å². The number of aromatic nitrogens is 2. The van der Waals surface area contributed by atoms with Crippen LogP contribution in [0.2, 0.25) is 0 Å². The Labute approximate surface area is 190 Å². The first kappa shape index (κ1) is 24.3. The zero-order valence-corrected chi connectivity index (χ0v) is 19.4. The van der Waals surface area contributed by atoms with E-state index in [9.17, 15) is 9.59 Å². The van der Waals surface area contributed by atoms with Gasteiger partial charge in [-0.25, -0.2) is 0 Å². The number of carbonyl (C=O) groups excluding carboxylic acids is 2. The molecule has 0 radical (unpaired) electrons. The van der Waals surface area contributed by atoms with Gasteiger partial charge in [-0.15, -0.1) is 0 Å². The quantitative estimate of drug-likeness (QED) is 0.650. The van der Waals surface area contributed by atoms with Gasteiger partial charge in [0.05, 0.1) is 0 Å². The predicted octanol–water partition coefficient (Wildman–Crippen LogP) is 3.03. The molecule has 0 saturated carbocycles. The third-order valence-corrected chi connectivity index (χ3v) is 7.23. The van der Waals surface area contributed by atoms with Crippen molar-refractivity contribution in [2.45, 2.75) is 83.8 Å². The van der Waals surface area contributed by atoms with Gasteiger partial charge in [0.25, 0.3) is 6.47 Å². The van der Waals surface area contributed by atoms with Crippen LogP contribution >= 0.6 is 0 Å². The highest BCUT2D eigenvalue weighted by molar-refractivity contribution is 5.78. The summed E-state index contributed by atoms with van der Waals surface area (Å²) in [6, 6.07) is 2.60. The van der Waals surface area contributed by atoms with Crippen molar-refractivity contribution in [2.24, 2.45) is 17.8 Å². The van der Waals surface area contributed by atoms with Crippen molar-refractivity contribution in [1.29, 1.82) is 0 Å². The van der Waals surface area contributed by atoms with Gasteiger partial charge in [-0.05, 0) is 62.3 Å². The number of hydrogen-bond acceptors (Lipinski definition) is 4. The minimum absolute atomic E-state index is 0.250. The van der Waals surface area contributed by atoms with E-state index in [2.05, 4.69) is 28.7 Å². The molecule has 4 rings (SSSR count). The molecule has 1 N–H and O–H groups in total. The summed E-state index contributed by atoms with van der Waals surface area (Å²) in [5.41, 5.74) is 0. The Hall–Kier alpha value is -2.38. The lowest BCUT2D eigenvalue weighted by atomic mass is 9.70. The fraction of sp³-hybridized carbons (Fsp3) is 0.750. The van der Waals surface area contributed by atoms with Gasteiger partial charge in [-0.3, -0.25) is 19.1 Å². The van der Waals surface area contributed by atoms with E-state index in [0.717, 1.165) is 51.7 Å². The number of piperidine rings is 3. The maximum absolute atomic E-state index is 13.0. The number of aryl methyl sites for hydroxylation is 1. The molecule has 4 atom stereocenters. The topological polar surface area (TPSA) is 95.7 Å². The van der Waals surface area contributed by atoms with E-state index < -0.39 is 0 Å². The monoisotopic (exact) mass is 446 g/mol. The Morgan fingerprint density at radius 3 is 2.75 bits per heavy atom. The van der Waals surface area contributed by atoms with Crippen LogP contribution in [0.1, 0.15) is 65.2 Å². The minimum Gasteiger partial charge on any atom is -0.483 e. The van der Waals surface area contributed by atoms with Crippen LogP contribution in [0.15, 0.2) is 18.5 Å². The van der Waals surface area contributed by atoms with Crippen LogP contribution in [0.4, 0.5) is 0 Å². The summed E-state index contributed by atoms with van der Waals surface area (Å²) in [5, 5.41) is 11.1. The second-order valence-corrected chi connectivity index (χ2v) is 9.83. The highest BCUT2D eigenvalue weighted by Crippen LogP contribution is 2.43. The average Bonchev–Trinajstić information content (AvgIpc) is 3.28. The zero-order valence-electron chi connectivity index (χ0n) is 19.4. The van der Waals surface area contributed by atoms with Gasteiger partial charge in [0, 0.05) is 57.0 Å². The lowest BCUT2D eigenvalue weighted by Crippen LogP contribution is -2.65. The minimum atomic E-state index is -0.250. The van der Waals surface area contributed by atoms with Crippen LogP contribution in [0.5, 0.6) is 0 Å². The molecule has 2 bridgehead atoms. The number of carboxylic acid groups (broad SMARTS) is 1. The first-order valence-electron chi connectivity index (χ1n) is 12.1. The number of nitrogens with zero attached hydrogens (tertiary/aromatic N) is 4. The van der Waals surface area contributed by atoms with Gasteiger partial charge in [0.1, 0.15) is 0 Å². The Morgan fingerprint density at radius 2 is 2.06 bits per heavy atom. The maximum Gasteiger partial charge on any atom is 0.290 e. The fourth-order valence-electron chi connectivity index (χ4n) is 5.84. The Morgan fingerprint density at radius 1 is 1.31 bits per heavy atom. The van der Waals surface area contributed by atoms with E-state index in [1.165, 1.54) is 6.42 Å². The molecule has 0 unspecified atom stereocenters. The Balaban J connectivity index is 0.000000913. The number of likely N-dealkylation sites (tertiary alicyclic amines) is 1. The number of fused-ring (bicyclic) bond motifs is 4. The van der Waals surface area contributed by atoms with E-state index >= 15 is 0 Å². The first-order chi connectivity index (χ1) is 15.4. The van der Waals surface area contributed by atoms with E-state index in [1.807, 2.05) is 16.9 Å². The van der Waals surface area contributed by atoms with Crippen LogP contribution in [0, 0.1) is 17.8 Å². The van der Waals surface area contributed by atoms with Crippen molar-refractivity contribution in [2.75, 3.05) is 13.1 Å². The molecule has 3 aliphatic heterocycles. The Bertz CT molecular complexity index is 751. The molecule has 0 spiro atoms. The van der Waals surface area contributed by atoms with E-state index in [-0.39, 0.29) is 12.4 Å². The van der Waals surface area contributed by atoms with Crippen molar-refractivity contribution in [3.8, 4) is 0 Å². The van der Waals surface area contributed by atoms with Crippen molar-refractivity contribution in [3.05, 3.63) is 18.5 Å². The maximum atomic E-state index is 13.0. The summed E-state index contributed by atoms with van der Waals surface area (Å²) < 4.78 is 1.89. The summed E-state index contributed by atoms with van der Waals surface area (Å²) in [6.07, 6.45) is 11.4. The molecule has 1 aromatic rings. The molecule has 1 aromatic heterocycles. The van der Waals surface area contributed by atoms with Crippen LogP contribution < -0.4 is 0 Å². The van der Waals surface area contributed by atoms with Gasteiger partial charge < -0.3 is 14.9 Å². The Kier molecular flexibility index (Phi) is 8.70. The molecule has 178 valence electrons. The largest absolute Gasteiger partial charge is 0.483 e. The zero-order chi connectivity index (χ0) is 23.1. The van der Waals surface area contributed by atoms with E-state index in [4.69, 9.17) is 9.90 Å². The highest BCUT2D eigenvalue weighted by Gasteiger charge is 2.49. The third kappa shape index (κ3) is 5.90. The molecule has 3 aliphatic rings. The number of rotatable bonds is 7. The lowest BCUT2D eigenvalue weighted by molar-refractivity contribution is -0.156. The molecule has 0 aliphatic carbocycles. The van der Waals surface area contributed by atoms with Gasteiger partial charge in [0.2, 0.25) is 11.8 Å². The molecule has 32 heavy (non-hydrogen) atoms. The van der Waals surface area contributed by atoms with E-state index in [0.29, 0.717) is 48.6 Å². The number of amides is 2. The standard InChI is InChI=1S/C23H36N4O2.CH2O2/c1-17(2)9-10-21-19-14-18(20-6-3-7-23(29)27(20)21)15-25(16-19)22(28)8-4-12-26-13-5-11-24-26;2-1-3/h5,11,13,17-21H,3-4,6-10,12,14-16H2,1-2H3;1H,(H,2,3)/t18-,19+,20+,21+;/m1./s1. The van der Waals surface area contributed by atoms with Gasteiger partial charge >= 0.3 is 0 Å². The van der Waals surface area contributed by atoms with Crippen molar-refractivity contribution < 1.29 is 19.5 Å². The normalized spacial score (nSPS) is 26.9. The van der Waals surface area contributed by atoms with Crippen LogP contribution in [-0.4, -0.2) is 68.1 Å². The molecule has 0 aromatic carbocycles. The van der Waals surface area contributed by atoms with Gasteiger partial charge in [0.15, 0.2) is 0 Å². The number of hydrogen-bond donors (Lipinski definition) is 1. The predicted molar refractivity (Wildman–Crippen MR) is 121 cm³/mol. The second kappa shape index (κ2) is 11.5. The van der Waals surface area contributed by atoms with Crippen LogP contribution in [0.25, 0.3) is 0 Å². The van der Waals surface area contributed by atoms with Crippen LogP contribution in [0.3, 0.4) is 0 Å². The molecule has 3 saturated heterocycles.